The number of anilines is 1. The van der Waals surface area contributed by atoms with Crippen molar-refractivity contribution in [2.45, 2.75) is 30.5 Å². The molecule has 31 heavy (non-hydrogen) atoms. The van der Waals surface area contributed by atoms with Crippen molar-refractivity contribution < 1.29 is 31.2 Å². The van der Waals surface area contributed by atoms with Crippen molar-refractivity contribution >= 4 is 21.4 Å². The zero-order chi connectivity index (χ0) is 22.6. The van der Waals surface area contributed by atoms with Gasteiger partial charge >= 0.3 is 6.18 Å². The molecule has 3 rings (SSSR count). The van der Waals surface area contributed by atoms with E-state index < -0.39 is 27.7 Å². The lowest BCUT2D eigenvalue weighted by Crippen LogP contribution is -2.27. The molecule has 0 saturated carbocycles. The van der Waals surface area contributed by atoms with Crippen LogP contribution < -0.4 is 10.1 Å². The third kappa shape index (κ3) is 5.85. The van der Waals surface area contributed by atoms with E-state index in [4.69, 9.17) is 0 Å². The third-order valence-electron chi connectivity index (χ3n) is 4.68. The van der Waals surface area contributed by atoms with Gasteiger partial charge in [0.05, 0.1) is 9.82 Å². The van der Waals surface area contributed by atoms with Crippen molar-refractivity contribution in [1.82, 2.24) is 4.31 Å². The Labute approximate surface area is 176 Å². The maximum Gasteiger partial charge on any atom is 0.422 e. The predicted molar refractivity (Wildman–Crippen MR) is 106 cm³/mol. The number of nitro benzene ring substituents is 1. The van der Waals surface area contributed by atoms with Crippen LogP contribution in [-0.2, 0) is 16.6 Å². The highest BCUT2D eigenvalue weighted by Gasteiger charge is 2.30. The zero-order valence-electron chi connectivity index (χ0n) is 16.3. The largest absolute Gasteiger partial charge is 0.484 e. The number of nitrogens with one attached hydrogen (secondary N) is 1. The standard InChI is InChI=1S/C19H20F3N3O5S/c20-19(21,22)13-30-15-5-3-14(4-6-15)12-23-17-8-7-16(11-18(17)25(26)27)31(28,29)24-9-1-2-10-24/h3-8,11,23H,1-2,9-10,12-13H2. The average Bonchev–Trinajstić information content (AvgIpc) is 3.26. The molecule has 8 nitrogen and oxygen atoms in total. The molecule has 1 heterocycles. The van der Waals surface area contributed by atoms with Crippen molar-refractivity contribution in [3.05, 3.63) is 58.1 Å². The molecule has 1 saturated heterocycles. The Morgan fingerprint density at radius 1 is 1.10 bits per heavy atom. The van der Waals surface area contributed by atoms with Gasteiger partial charge in [-0.1, -0.05) is 12.1 Å². The van der Waals surface area contributed by atoms with Gasteiger partial charge in [0.1, 0.15) is 11.4 Å². The van der Waals surface area contributed by atoms with Gasteiger partial charge in [0.15, 0.2) is 6.61 Å². The number of hydrogen-bond acceptors (Lipinski definition) is 6. The van der Waals surface area contributed by atoms with Gasteiger partial charge in [0, 0.05) is 25.7 Å². The lowest BCUT2D eigenvalue weighted by molar-refractivity contribution is -0.384. The SMILES string of the molecule is O=[N+]([O-])c1cc(S(=O)(=O)N2CCCC2)ccc1NCc1ccc(OCC(F)(F)F)cc1. The smallest absolute Gasteiger partial charge is 0.422 e. The summed E-state index contributed by atoms with van der Waals surface area (Å²) in [4.78, 5) is 10.7. The van der Waals surface area contributed by atoms with E-state index in [0.717, 1.165) is 18.9 Å². The highest BCUT2D eigenvalue weighted by atomic mass is 32.2. The Bertz CT molecular complexity index is 1040. The van der Waals surface area contributed by atoms with E-state index in [1.165, 1.54) is 40.7 Å². The fraction of sp³-hybridized carbons (Fsp3) is 0.368. The first-order valence-corrected chi connectivity index (χ1v) is 10.8. The van der Waals surface area contributed by atoms with E-state index in [1.54, 1.807) is 0 Å². The van der Waals surface area contributed by atoms with Crippen LogP contribution in [0, 0.1) is 10.1 Å². The Balaban J connectivity index is 1.71. The molecular weight excluding hydrogens is 439 g/mol. The van der Waals surface area contributed by atoms with Crippen LogP contribution in [0.4, 0.5) is 24.5 Å². The number of alkyl halides is 3. The van der Waals surface area contributed by atoms with Gasteiger partial charge in [-0.25, -0.2) is 8.42 Å². The van der Waals surface area contributed by atoms with E-state index in [9.17, 15) is 31.7 Å². The first kappa shape index (κ1) is 22.8. The van der Waals surface area contributed by atoms with Crippen LogP contribution in [0.5, 0.6) is 5.75 Å². The number of sulfonamides is 1. The summed E-state index contributed by atoms with van der Waals surface area (Å²) < 4.78 is 67.8. The molecule has 1 fully saturated rings. The number of ether oxygens (including phenoxy) is 1. The van der Waals surface area contributed by atoms with Crippen LogP contribution in [0.15, 0.2) is 47.4 Å². The summed E-state index contributed by atoms with van der Waals surface area (Å²) in [7, 11) is -3.79. The van der Waals surface area contributed by atoms with Crippen LogP contribution in [0.1, 0.15) is 18.4 Å². The van der Waals surface area contributed by atoms with E-state index in [0.29, 0.717) is 18.7 Å². The molecule has 2 aromatic carbocycles. The average molecular weight is 459 g/mol. The van der Waals surface area contributed by atoms with E-state index in [-0.39, 0.29) is 28.6 Å². The minimum Gasteiger partial charge on any atom is -0.484 e. The molecule has 1 N–H and O–H groups in total. The molecule has 1 aliphatic heterocycles. The summed E-state index contributed by atoms with van der Waals surface area (Å²) in [6, 6.07) is 9.46. The quantitative estimate of drug-likeness (QED) is 0.474. The highest BCUT2D eigenvalue weighted by Crippen LogP contribution is 2.30. The number of benzene rings is 2. The van der Waals surface area contributed by atoms with Crippen LogP contribution in [0.3, 0.4) is 0 Å². The van der Waals surface area contributed by atoms with Gasteiger partial charge in [0.25, 0.3) is 5.69 Å². The first-order valence-electron chi connectivity index (χ1n) is 9.37. The fourth-order valence-corrected chi connectivity index (χ4v) is 4.65. The Morgan fingerprint density at radius 3 is 2.32 bits per heavy atom. The topological polar surface area (TPSA) is 102 Å². The van der Waals surface area contributed by atoms with Crippen LogP contribution in [0.2, 0.25) is 0 Å². The fourth-order valence-electron chi connectivity index (χ4n) is 3.12. The van der Waals surface area contributed by atoms with Gasteiger partial charge in [-0.15, -0.1) is 0 Å². The molecule has 168 valence electrons. The second-order valence-corrected chi connectivity index (χ2v) is 8.89. The van der Waals surface area contributed by atoms with Gasteiger partial charge in [-0.3, -0.25) is 10.1 Å². The molecular formula is C19H20F3N3O5S. The summed E-state index contributed by atoms with van der Waals surface area (Å²) >= 11 is 0. The minimum absolute atomic E-state index is 0.0449. The molecule has 12 heteroatoms. The lowest BCUT2D eigenvalue weighted by Gasteiger charge is -2.16. The molecule has 1 aliphatic rings. The minimum atomic E-state index is -4.44. The molecule has 0 atom stereocenters. The molecule has 0 radical (unpaired) electrons. The number of hydrogen-bond donors (Lipinski definition) is 1. The van der Waals surface area contributed by atoms with Gasteiger partial charge in [0.2, 0.25) is 10.0 Å². The second kappa shape index (κ2) is 9.10. The molecule has 2 aromatic rings. The van der Waals surface area contributed by atoms with Crippen LogP contribution in [-0.4, -0.2) is 43.5 Å². The van der Waals surface area contributed by atoms with E-state index in [2.05, 4.69) is 10.1 Å². The lowest BCUT2D eigenvalue weighted by atomic mass is 10.2. The summed E-state index contributed by atoms with van der Waals surface area (Å²) in [5.41, 5.74) is 0.385. The number of nitrogens with zero attached hydrogens (tertiary/aromatic N) is 2. The predicted octanol–water partition coefficient (Wildman–Crippen LogP) is 3.93. The van der Waals surface area contributed by atoms with Gasteiger partial charge in [-0.2, -0.15) is 17.5 Å². The Morgan fingerprint density at radius 2 is 1.74 bits per heavy atom. The molecule has 0 aliphatic carbocycles. The normalized spacial score (nSPS) is 15.1. The summed E-state index contributed by atoms with van der Waals surface area (Å²) in [6.45, 7) is -0.486. The Hall–Kier alpha value is -2.86. The van der Waals surface area contributed by atoms with Gasteiger partial charge < -0.3 is 10.1 Å². The van der Waals surface area contributed by atoms with E-state index in [1.807, 2.05) is 0 Å². The van der Waals surface area contributed by atoms with Crippen LogP contribution in [0.25, 0.3) is 0 Å². The molecule has 0 amide bonds. The molecule has 0 aromatic heterocycles. The van der Waals surface area contributed by atoms with Crippen LogP contribution >= 0.6 is 0 Å². The van der Waals surface area contributed by atoms with Crippen molar-refractivity contribution in [2.75, 3.05) is 25.0 Å². The number of halogens is 3. The third-order valence-corrected chi connectivity index (χ3v) is 6.57. The van der Waals surface area contributed by atoms with Crippen molar-refractivity contribution in [2.24, 2.45) is 0 Å². The summed E-state index contributed by atoms with van der Waals surface area (Å²) in [5.74, 6) is 0.0449. The maximum atomic E-state index is 12.6. The zero-order valence-corrected chi connectivity index (χ0v) is 17.1. The maximum absolute atomic E-state index is 12.6. The Kier molecular flexibility index (Phi) is 6.70. The van der Waals surface area contributed by atoms with Crippen molar-refractivity contribution in [1.29, 1.82) is 0 Å². The first-order chi connectivity index (χ1) is 14.6. The summed E-state index contributed by atoms with van der Waals surface area (Å²) in [6.07, 6.45) is -2.93. The summed E-state index contributed by atoms with van der Waals surface area (Å²) in [5, 5.41) is 14.3. The van der Waals surface area contributed by atoms with Crippen molar-refractivity contribution in [3.8, 4) is 5.75 Å². The van der Waals surface area contributed by atoms with Crippen molar-refractivity contribution in [3.63, 3.8) is 0 Å². The monoisotopic (exact) mass is 459 g/mol. The number of nitro groups is 1. The second-order valence-electron chi connectivity index (χ2n) is 6.95. The van der Waals surface area contributed by atoms with E-state index >= 15 is 0 Å². The molecule has 0 bridgehead atoms. The molecule has 0 spiro atoms. The highest BCUT2D eigenvalue weighted by molar-refractivity contribution is 7.89. The van der Waals surface area contributed by atoms with Gasteiger partial charge in [-0.05, 0) is 42.7 Å². The molecule has 0 unspecified atom stereocenters. The number of rotatable bonds is 8.